The van der Waals surface area contributed by atoms with Crippen LogP contribution >= 0.6 is 15.9 Å². The summed E-state index contributed by atoms with van der Waals surface area (Å²) >= 11 is 3.27. The SMILES string of the molecule is C[C@]1(C(=O)NCCc2ccc(Br)o2)C[C@H]2CC[C@H]1O2. The van der Waals surface area contributed by atoms with Crippen molar-refractivity contribution in [2.45, 2.75) is 44.8 Å². The molecule has 5 heteroatoms. The summed E-state index contributed by atoms with van der Waals surface area (Å²) in [6, 6.07) is 3.78. The number of carbonyl (C=O) groups excluding carboxylic acids is 1. The van der Waals surface area contributed by atoms with Crippen LogP contribution in [0, 0.1) is 5.41 Å². The molecule has 19 heavy (non-hydrogen) atoms. The van der Waals surface area contributed by atoms with Gasteiger partial charge in [0, 0.05) is 13.0 Å². The van der Waals surface area contributed by atoms with Gasteiger partial charge in [-0.1, -0.05) is 0 Å². The fourth-order valence-corrected chi connectivity index (χ4v) is 3.50. The van der Waals surface area contributed by atoms with Crippen LogP contribution in [0.25, 0.3) is 0 Å². The highest BCUT2D eigenvalue weighted by Crippen LogP contribution is 2.47. The Labute approximate surface area is 121 Å². The number of furan rings is 1. The molecule has 2 saturated heterocycles. The van der Waals surface area contributed by atoms with E-state index in [-0.39, 0.29) is 17.4 Å². The summed E-state index contributed by atoms with van der Waals surface area (Å²) in [6.07, 6.45) is 4.09. The molecule has 0 spiro atoms. The Morgan fingerprint density at radius 1 is 1.53 bits per heavy atom. The van der Waals surface area contributed by atoms with E-state index in [2.05, 4.69) is 21.2 Å². The van der Waals surface area contributed by atoms with Crippen LogP contribution in [0.5, 0.6) is 0 Å². The van der Waals surface area contributed by atoms with Crippen LogP contribution in [0.3, 0.4) is 0 Å². The first kappa shape index (κ1) is 13.2. The molecule has 0 saturated carbocycles. The summed E-state index contributed by atoms with van der Waals surface area (Å²) < 4.78 is 11.9. The number of hydrogen-bond donors (Lipinski definition) is 1. The van der Waals surface area contributed by atoms with Crippen molar-refractivity contribution in [2.24, 2.45) is 5.41 Å². The highest BCUT2D eigenvalue weighted by Gasteiger charge is 2.53. The van der Waals surface area contributed by atoms with Crippen LogP contribution in [0.2, 0.25) is 0 Å². The molecule has 0 aromatic carbocycles. The van der Waals surface area contributed by atoms with E-state index in [1.165, 1.54) is 0 Å². The molecule has 2 aliphatic rings. The maximum Gasteiger partial charge on any atom is 0.228 e. The third-order valence-electron chi connectivity index (χ3n) is 4.27. The van der Waals surface area contributed by atoms with Crippen molar-refractivity contribution >= 4 is 21.8 Å². The van der Waals surface area contributed by atoms with Gasteiger partial charge in [0.15, 0.2) is 4.67 Å². The lowest BCUT2D eigenvalue weighted by molar-refractivity contribution is -0.132. The minimum absolute atomic E-state index is 0.107. The molecular weight excluding hydrogens is 310 g/mol. The second-order valence-electron chi connectivity index (χ2n) is 5.66. The maximum atomic E-state index is 12.3. The summed E-state index contributed by atoms with van der Waals surface area (Å²) in [5.41, 5.74) is -0.341. The average Bonchev–Trinajstić information content (AvgIpc) is 3.05. The van der Waals surface area contributed by atoms with E-state index in [0.29, 0.717) is 19.1 Å². The summed E-state index contributed by atoms with van der Waals surface area (Å²) in [7, 11) is 0. The lowest BCUT2D eigenvalue weighted by Crippen LogP contribution is -2.45. The van der Waals surface area contributed by atoms with Gasteiger partial charge in [-0.25, -0.2) is 0 Å². The van der Waals surface area contributed by atoms with Gasteiger partial charge in [-0.3, -0.25) is 4.79 Å². The van der Waals surface area contributed by atoms with E-state index in [4.69, 9.17) is 9.15 Å². The average molecular weight is 328 g/mol. The van der Waals surface area contributed by atoms with Crippen LogP contribution in [-0.2, 0) is 16.0 Å². The lowest BCUT2D eigenvalue weighted by atomic mass is 9.75. The van der Waals surface area contributed by atoms with Gasteiger partial charge in [0.05, 0.1) is 17.6 Å². The van der Waals surface area contributed by atoms with Crippen molar-refractivity contribution in [3.05, 3.63) is 22.6 Å². The standard InChI is InChI=1S/C14H18BrNO3/c1-14(8-10-2-4-11(14)18-10)13(17)16-7-6-9-3-5-12(15)19-9/h3,5,10-11H,2,4,6-8H2,1H3,(H,16,17)/t10-,11-,14+/m1/s1. The van der Waals surface area contributed by atoms with Crippen LogP contribution in [-0.4, -0.2) is 24.7 Å². The first-order valence-electron chi connectivity index (χ1n) is 6.76. The molecule has 3 heterocycles. The summed E-state index contributed by atoms with van der Waals surface area (Å²) in [5.74, 6) is 0.992. The Balaban J connectivity index is 1.51. The second-order valence-corrected chi connectivity index (χ2v) is 6.44. The van der Waals surface area contributed by atoms with Crippen molar-refractivity contribution in [1.82, 2.24) is 5.32 Å². The third-order valence-corrected chi connectivity index (χ3v) is 4.70. The fourth-order valence-electron chi connectivity index (χ4n) is 3.16. The molecule has 1 amide bonds. The Kier molecular flexibility index (Phi) is 3.43. The van der Waals surface area contributed by atoms with Crippen molar-refractivity contribution < 1.29 is 13.9 Å². The minimum atomic E-state index is -0.341. The van der Waals surface area contributed by atoms with Gasteiger partial charge in [0.25, 0.3) is 0 Å². The molecule has 2 fully saturated rings. The number of fused-ring (bicyclic) bond motifs is 2. The molecule has 1 aromatic rings. The molecule has 3 atom stereocenters. The Morgan fingerprint density at radius 2 is 2.37 bits per heavy atom. The van der Waals surface area contributed by atoms with Gasteiger partial charge in [0.2, 0.25) is 5.91 Å². The van der Waals surface area contributed by atoms with Gasteiger partial charge < -0.3 is 14.5 Å². The Hall–Kier alpha value is -0.810. The lowest BCUT2D eigenvalue weighted by Gasteiger charge is -2.29. The molecule has 2 bridgehead atoms. The van der Waals surface area contributed by atoms with E-state index in [1.807, 2.05) is 19.1 Å². The van der Waals surface area contributed by atoms with Crippen molar-refractivity contribution in [3.63, 3.8) is 0 Å². The molecule has 3 rings (SSSR count). The third kappa shape index (κ3) is 2.46. The highest BCUT2D eigenvalue weighted by molar-refractivity contribution is 9.10. The van der Waals surface area contributed by atoms with Gasteiger partial charge in [-0.05, 0) is 54.2 Å². The quantitative estimate of drug-likeness (QED) is 0.924. The number of hydrogen-bond acceptors (Lipinski definition) is 3. The zero-order chi connectivity index (χ0) is 13.5. The van der Waals surface area contributed by atoms with Crippen LogP contribution < -0.4 is 5.32 Å². The van der Waals surface area contributed by atoms with Crippen LogP contribution in [0.1, 0.15) is 31.9 Å². The first-order chi connectivity index (χ1) is 9.08. The first-order valence-corrected chi connectivity index (χ1v) is 7.55. The molecule has 2 aliphatic heterocycles. The van der Waals surface area contributed by atoms with E-state index in [0.717, 1.165) is 29.7 Å². The molecule has 1 aromatic heterocycles. The van der Waals surface area contributed by atoms with Gasteiger partial charge >= 0.3 is 0 Å². The Bertz CT molecular complexity index is 487. The monoisotopic (exact) mass is 327 g/mol. The Morgan fingerprint density at radius 3 is 2.95 bits per heavy atom. The predicted molar refractivity (Wildman–Crippen MR) is 73.7 cm³/mol. The van der Waals surface area contributed by atoms with Crippen molar-refractivity contribution in [2.75, 3.05) is 6.54 Å². The van der Waals surface area contributed by atoms with Crippen molar-refractivity contribution in [3.8, 4) is 0 Å². The topological polar surface area (TPSA) is 51.5 Å². The molecule has 4 nitrogen and oxygen atoms in total. The van der Waals surface area contributed by atoms with E-state index < -0.39 is 0 Å². The molecule has 0 unspecified atom stereocenters. The summed E-state index contributed by atoms with van der Waals surface area (Å²) in [4.78, 5) is 12.3. The van der Waals surface area contributed by atoms with Gasteiger partial charge in [-0.2, -0.15) is 0 Å². The van der Waals surface area contributed by atoms with Crippen LogP contribution in [0.4, 0.5) is 0 Å². The molecule has 104 valence electrons. The number of amides is 1. The van der Waals surface area contributed by atoms with Crippen molar-refractivity contribution in [1.29, 1.82) is 0 Å². The molecule has 0 aliphatic carbocycles. The number of rotatable bonds is 4. The zero-order valence-electron chi connectivity index (χ0n) is 10.9. The predicted octanol–water partition coefficient (Wildman–Crippen LogP) is 2.66. The summed E-state index contributed by atoms with van der Waals surface area (Å²) in [5, 5.41) is 3.01. The maximum absolute atomic E-state index is 12.3. The number of nitrogens with one attached hydrogen (secondary N) is 1. The van der Waals surface area contributed by atoms with Gasteiger partial charge in [-0.15, -0.1) is 0 Å². The normalized spacial score (nSPS) is 32.7. The largest absolute Gasteiger partial charge is 0.454 e. The zero-order valence-corrected chi connectivity index (χ0v) is 12.5. The number of ether oxygens (including phenoxy) is 1. The molecular formula is C14H18BrNO3. The second kappa shape index (κ2) is 4.94. The molecule has 0 radical (unpaired) electrons. The fraction of sp³-hybridized carbons (Fsp3) is 0.643. The number of halogens is 1. The minimum Gasteiger partial charge on any atom is -0.454 e. The number of carbonyl (C=O) groups is 1. The van der Waals surface area contributed by atoms with E-state index in [1.54, 1.807) is 0 Å². The summed E-state index contributed by atoms with van der Waals surface area (Å²) in [6.45, 7) is 2.63. The molecule has 1 N–H and O–H groups in total. The van der Waals surface area contributed by atoms with Gasteiger partial charge in [0.1, 0.15) is 5.76 Å². The van der Waals surface area contributed by atoms with E-state index >= 15 is 0 Å². The highest BCUT2D eigenvalue weighted by atomic mass is 79.9. The smallest absolute Gasteiger partial charge is 0.228 e. The van der Waals surface area contributed by atoms with E-state index in [9.17, 15) is 4.79 Å². The van der Waals surface area contributed by atoms with Crippen LogP contribution in [0.15, 0.2) is 21.2 Å².